The van der Waals surface area contributed by atoms with E-state index in [9.17, 15) is 0 Å². The maximum Gasteiger partial charge on any atom is 0.0593 e. The molecule has 2 nitrogen and oxygen atoms in total. The summed E-state index contributed by atoms with van der Waals surface area (Å²) in [4.78, 5) is 0. The molecule has 0 heterocycles. The van der Waals surface area contributed by atoms with Crippen LogP contribution >= 0.6 is 0 Å². The summed E-state index contributed by atoms with van der Waals surface area (Å²) in [6.45, 7) is 8.92. The van der Waals surface area contributed by atoms with Crippen LogP contribution in [0.25, 0.3) is 0 Å². The molecular formula is C24H32N2. The normalized spacial score (nSPS) is 27.7. The second-order valence-corrected chi connectivity index (χ2v) is 7.94. The summed E-state index contributed by atoms with van der Waals surface area (Å²) >= 11 is 0. The van der Waals surface area contributed by atoms with Crippen molar-refractivity contribution in [2.75, 3.05) is 10.6 Å². The van der Waals surface area contributed by atoms with Gasteiger partial charge in [0, 0.05) is 11.4 Å². The van der Waals surface area contributed by atoms with Gasteiger partial charge in [-0.3, -0.25) is 0 Å². The van der Waals surface area contributed by atoms with Crippen LogP contribution < -0.4 is 10.6 Å². The molecule has 1 aromatic carbocycles. The minimum atomic E-state index is 0.0342. The number of hydrogen-bond donors (Lipinski definition) is 2. The molecule has 0 radical (unpaired) electrons. The Morgan fingerprint density at radius 2 is 1.12 bits per heavy atom. The summed E-state index contributed by atoms with van der Waals surface area (Å²) in [7, 11) is 0. The number of benzene rings is 1. The Balaban J connectivity index is 1.71. The van der Waals surface area contributed by atoms with Gasteiger partial charge in [-0.1, -0.05) is 61.4 Å². The molecule has 0 saturated heterocycles. The largest absolute Gasteiger partial charge is 0.376 e. The van der Waals surface area contributed by atoms with Gasteiger partial charge in [0.25, 0.3) is 0 Å². The van der Waals surface area contributed by atoms with Crippen LogP contribution in [0.3, 0.4) is 0 Å². The first-order valence-electron chi connectivity index (χ1n) is 9.84. The fourth-order valence-electron chi connectivity index (χ4n) is 4.07. The Morgan fingerprint density at radius 3 is 1.42 bits per heavy atom. The van der Waals surface area contributed by atoms with Crippen molar-refractivity contribution in [1.29, 1.82) is 0 Å². The van der Waals surface area contributed by atoms with Crippen molar-refractivity contribution in [2.45, 2.75) is 64.5 Å². The minimum Gasteiger partial charge on any atom is -0.376 e. The molecule has 2 N–H and O–H groups in total. The molecule has 2 aliphatic carbocycles. The van der Waals surface area contributed by atoms with Crippen molar-refractivity contribution in [2.24, 2.45) is 0 Å². The molecule has 138 valence electrons. The van der Waals surface area contributed by atoms with Crippen molar-refractivity contribution in [3.8, 4) is 0 Å². The lowest BCUT2D eigenvalue weighted by molar-refractivity contribution is 0.541. The Hall–Kier alpha value is -2.22. The van der Waals surface area contributed by atoms with Crippen LogP contribution in [-0.2, 0) is 0 Å². The molecule has 2 unspecified atom stereocenters. The topological polar surface area (TPSA) is 24.1 Å². The predicted molar refractivity (Wildman–Crippen MR) is 115 cm³/mol. The molecule has 0 aliphatic heterocycles. The minimum absolute atomic E-state index is 0.0342. The number of rotatable bonds is 6. The van der Waals surface area contributed by atoms with E-state index in [4.69, 9.17) is 0 Å². The fourth-order valence-corrected chi connectivity index (χ4v) is 4.07. The van der Waals surface area contributed by atoms with Crippen LogP contribution in [0.15, 0.2) is 71.9 Å². The number of anilines is 2. The summed E-state index contributed by atoms with van der Waals surface area (Å²) in [5.74, 6) is 0. The molecule has 2 aliphatic rings. The van der Waals surface area contributed by atoms with Gasteiger partial charge in [0.2, 0.25) is 0 Å². The standard InChI is InChI=1S/C24H32N2/c1-5-23(15-7-9-19(3)17-23)25-21-11-13-22(14-12-21)26-24(6-2)16-8-10-20(4)18-24/h7-16,25-26H,5-6,17-18H2,1-4H3. The van der Waals surface area contributed by atoms with Gasteiger partial charge in [-0.05, 0) is 63.8 Å². The third-order valence-corrected chi connectivity index (χ3v) is 5.71. The zero-order chi connectivity index (χ0) is 18.6. The van der Waals surface area contributed by atoms with Crippen LogP contribution in [0, 0.1) is 0 Å². The molecule has 26 heavy (non-hydrogen) atoms. The first kappa shape index (κ1) is 18.6. The highest BCUT2D eigenvalue weighted by atomic mass is 15.0. The predicted octanol–water partition coefficient (Wildman–Crippen LogP) is 6.62. The van der Waals surface area contributed by atoms with E-state index in [-0.39, 0.29) is 11.1 Å². The summed E-state index contributed by atoms with van der Waals surface area (Å²) in [6.07, 6.45) is 17.7. The summed E-state index contributed by atoms with van der Waals surface area (Å²) in [5.41, 5.74) is 5.28. The van der Waals surface area contributed by atoms with Crippen molar-refractivity contribution >= 4 is 11.4 Å². The molecule has 0 amide bonds. The summed E-state index contributed by atoms with van der Waals surface area (Å²) in [6, 6.07) is 8.78. The van der Waals surface area contributed by atoms with Crippen LogP contribution in [-0.4, -0.2) is 11.1 Å². The lowest BCUT2D eigenvalue weighted by atomic mass is 9.84. The monoisotopic (exact) mass is 348 g/mol. The van der Waals surface area contributed by atoms with Gasteiger partial charge in [0.1, 0.15) is 0 Å². The van der Waals surface area contributed by atoms with E-state index in [0.717, 1.165) is 25.7 Å². The number of allylic oxidation sites excluding steroid dienone is 4. The number of hydrogen-bond acceptors (Lipinski definition) is 2. The van der Waals surface area contributed by atoms with Gasteiger partial charge in [-0.15, -0.1) is 0 Å². The third-order valence-electron chi connectivity index (χ3n) is 5.71. The first-order chi connectivity index (χ1) is 12.5. The van der Waals surface area contributed by atoms with E-state index < -0.39 is 0 Å². The first-order valence-corrected chi connectivity index (χ1v) is 9.84. The van der Waals surface area contributed by atoms with E-state index in [1.54, 1.807) is 0 Å². The molecule has 0 aromatic heterocycles. The second-order valence-electron chi connectivity index (χ2n) is 7.94. The van der Waals surface area contributed by atoms with E-state index in [2.05, 4.69) is 99.1 Å². The van der Waals surface area contributed by atoms with Gasteiger partial charge in [0.05, 0.1) is 11.1 Å². The number of nitrogens with one attached hydrogen (secondary N) is 2. The van der Waals surface area contributed by atoms with Gasteiger partial charge >= 0.3 is 0 Å². The quantitative estimate of drug-likeness (QED) is 0.603. The van der Waals surface area contributed by atoms with E-state index in [1.807, 2.05) is 0 Å². The molecule has 0 saturated carbocycles. The smallest absolute Gasteiger partial charge is 0.0593 e. The second kappa shape index (κ2) is 7.57. The fraction of sp³-hybridized carbons (Fsp3) is 0.417. The van der Waals surface area contributed by atoms with Crippen LogP contribution in [0.4, 0.5) is 11.4 Å². The van der Waals surface area contributed by atoms with Gasteiger partial charge < -0.3 is 10.6 Å². The maximum absolute atomic E-state index is 3.76. The zero-order valence-electron chi connectivity index (χ0n) is 16.6. The summed E-state index contributed by atoms with van der Waals surface area (Å²) < 4.78 is 0. The molecule has 0 fully saturated rings. The summed E-state index contributed by atoms with van der Waals surface area (Å²) in [5, 5.41) is 7.51. The molecule has 3 rings (SSSR count). The highest BCUT2D eigenvalue weighted by Crippen LogP contribution is 2.33. The van der Waals surface area contributed by atoms with Gasteiger partial charge in [-0.2, -0.15) is 0 Å². The Bertz CT molecular complexity index is 686. The molecule has 2 heteroatoms. The molecule has 2 atom stereocenters. The van der Waals surface area contributed by atoms with Crippen LogP contribution in [0.1, 0.15) is 53.4 Å². The molecule has 0 bridgehead atoms. The van der Waals surface area contributed by atoms with E-state index >= 15 is 0 Å². The van der Waals surface area contributed by atoms with Crippen molar-refractivity contribution in [1.82, 2.24) is 0 Å². The average Bonchev–Trinajstić information content (AvgIpc) is 2.63. The molecule has 0 spiro atoms. The SMILES string of the molecule is CCC1(Nc2ccc(NC3(CC)C=CC=C(C)C3)cc2)C=CC=C(C)C1. The zero-order valence-corrected chi connectivity index (χ0v) is 16.6. The van der Waals surface area contributed by atoms with Crippen molar-refractivity contribution in [3.63, 3.8) is 0 Å². The highest BCUT2D eigenvalue weighted by Gasteiger charge is 2.28. The van der Waals surface area contributed by atoms with Crippen molar-refractivity contribution in [3.05, 3.63) is 71.9 Å². The Morgan fingerprint density at radius 1 is 0.731 bits per heavy atom. The van der Waals surface area contributed by atoms with Gasteiger partial charge in [-0.25, -0.2) is 0 Å². The lowest BCUT2D eigenvalue weighted by Crippen LogP contribution is -2.37. The lowest BCUT2D eigenvalue weighted by Gasteiger charge is -2.35. The maximum atomic E-state index is 3.76. The Labute approximate surface area is 158 Å². The third kappa shape index (κ3) is 4.12. The van der Waals surface area contributed by atoms with E-state index in [0.29, 0.717) is 0 Å². The van der Waals surface area contributed by atoms with Crippen LogP contribution in [0.2, 0.25) is 0 Å². The van der Waals surface area contributed by atoms with Gasteiger partial charge in [0.15, 0.2) is 0 Å². The van der Waals surface area contributed by atoms with Crippen LogP contribution in [0.5, 0.6) is 0 Å². The average molecular weight is 349 g/mol. The highest BCUT2D eigenvalue weighted by molar-refractivity contribution is 5.58. The van der Waals surface area contributed by atoms with E-state index in [1.165, 1.54) is 22.5 Å². The molecular weight excluding hydrogens is 316 g/mol. The Kier molecular flexibility index (Phi) is 5.41. The molecule has 1 aromatic rings. The van der Waals surface area contributed by atoms with Crippen molar-refractivity contribution < 1.29 is 0 Å².